The molecule has 17 heavy (non-hydrogen) atoms. The van der Waals surface area contributed by atoms with Gasteiger partial charge in [0.2, 0.25) is 0 Å². The fourth-order valence-corrected chi connectivity index (χ4v) is 3.82. The summed E-state index contributed by atoms with van der Waals surface area (Å²) in [6.07, 6.45) is 7.09. The summed E-state index contributed by atoms with van der Waals surface area (Å²) in [6, 6.07) is 1.97. The molecule has 2 saturated heterocycles. The Morgan fingerprint density at radius 3 is 2.35 bits per heavy atom. The quantitative estimate of drug-likeness (QED) is 0.803. The molecule has 2 aliphatic heterocycles. The third-order valence-electron chi connectivity index (χ3n) is 4.46. The van der Waals surface area contributed by atoms with Gasteiger partial charge in [-0.15, -0.1) is 0 Å². The van der Waals surface area contributed by atoms with Crippen molar-refractivity contribution in [1.29, 1.82) is 0 Å². The third-order valence-corrected chi connectivity index (χ3v) is 4.46. The van der Waals surface area contributed by atoms with E-state index >= 15 is 0 Å². The number of hydrogen-bond donors (Lipinski definition) is 1. The van der Waals surface area contributed by atoms with Crippen molar-refractivity contribution >= 4 is 0 Å². The van der Waals surface area contributed by atoms with E-state index in [1.165, 1.54) is 32.1 Å². The summed E-state index contributed by atoms with van der Waals surface area (Å²) in [5.41, 5.74) is 5.96. The summed E-state index contributed by atoms with van der Waals surface area (Å²) in [5.74, 6) is 0. The average molecular weight is 240 g/mol. The molecule has 2 heterocycles. The van der Waals surface area contributed by atoms with Crippen LogP contribution in [0, 0.1) is 0 Å². The minimum absolute atomic E-state index is 0.399. The predicted octanol–water partition coefficient (Wildman–Crippen LogP) is 2.14. The van der Waals surface area contributed by atoms with Crippen LogP contribution in [-0.2, 0) is 4.74 Å². The van der Waals surface area contributed by atoms with Crippen LogP contribution in [0.4, 0.5) is 0 Å². The number of likely N-dealkylation sites (tertiary alicyclic amines) is 1. The molecule has 100 valence electrons. The van der Waals surface area contributed by atoms with Crippen molar-refractivity contribution in [3.8, 4) is 0 Å². The molecule has 4 unspecified atom stereocenters. The van der Waals surface area contributed by atoms with Crippen molar-refractivity contribution in [1.82, 2.24) is 4.90 Å². The number of piperidine rings is 1. The van der Waals surface area contributed by atoms with Crippen LogP contribution in [0.15, 0.2) is 0 Å². The van der Waals surface area contributed by atoms with Gasteiger partial charge in [0.1, 0.15) is 0 Å². The molecule has 0 aliphatic carbocycles. The second-order valence-corrected chi connectivity index (χ2v) is 6.00. The summed E-state index contributed by atoms with van der Waals surface area (Å²) >= 11 is 0. The predicted molar refractivity (Wildman–Crippen MR) is 71.0 cm³/mol. The van der Waals surface area contributed by atoms with E-state index in [9.17, 15) is 0 Å². The number of ether oxygens (including phenoxy) is 1. The lowest BCUT2D eigenvalue weighted by atomic mass is 9.89. The minimum atomic E-state index is 0.399. The average Bonchev–Trinajstić information content (AvgIpc) is 2.27. The van der Waals surface area contributed by atoms with Crippen LogP contribution >= 0.6 is 0 Å². The molecule has 4 atom stereocenters. The van der Waals surface area contributed by atoms with E-state index in [0.717, 1.165) is 6.54 Å². The van der Waals surface area contributed by atoms with Gasteiger partial charge in [-0.1, -0.05) is 6.42 Å². The van der Waals surface area contributed by atoms with Gasteiger partial charge >= 0.3 is 0 Å². The molecule has 2 fully saturated rings. The van der Waals surface area contributed by atoms with Crippen molar-refractivity contribution in [2.24, 2.45) is 5.73 Å². The highest BCUT2D eigenvalue weighted by atomic mass is 16.5. The summed E-state index contributed by atoms with van der Waals surface area (Å²) in [4.78, 5) is 2.71. The molecular formula is C14H28N2O. The SMILES string of the molecule is CC1CC(N2C(C)CCCC2CN)CC(C)O1. The van der Waals surface area contributed by atoms with Gasteiger partial charge in [0.25, 0.3) is 0 Å². The first-order valence-corrected chi connectivity index (χ1v) is 7.24. The molecule has 3 nitrogen and oxygen atoms in total. The first-order chi connectivity index (χ1) is 8.11. The maximum atomic E-state index is 5.96. The van der Waals surface area contributed by atoms with Gasteiger partial charge in [-0.05, 0) is 46.5 Å². The normalized spacial score (nSPS) is 44.8. The van der Waals surface area contributed by atoms with E-state index < -0.39 is 0 Å². The molecule has 0 spiro atoms. The molecule has 0 bridgehead atoms. The topological polar surface area (TPSA) is 38.5 Å². The molecule has 0 aromatic rings. The third kappa shape index (κ3) is 3.01. The Morgan fingerprint density at radius 2 is 1.76 bits per heavy atom. The first-order valence-electron chi connectivity index (χ1n) is 7.24. The standard InChI is InChI=1S/C14H28N2O/c1-10-5-4-6-13(9-15)16(10)14-7-11(2)17-12(3)8-14/h10-14H,4-9,15H2,1-3H3. The summed E-state index contributed by atoms with van der Waals surface area (Å²) in [5, 5.41) is 0. The largest absolute Gasteiger partial charge is 0.375 e. The minimum Gasteiger partial charge on any atom is -0.375 e. The molecule has 3 heteroatoms. The van der Waals surface area contributed by atoms with Crippen LogP contribution in [0.2, 0.25) is 0 Å². The number of nitrogens with zero attached hydrogens (tertiary/aromatic N) is 1. The van der Waals surface area contributed by atoms with Gasteiger partial charge in [-0.2, -0.15) is 0 Å². The summed E-state index contributed by atoms with van der Waals surface area (Å²) < 4.78 is 5.85. The molecule has 0 saturated carbocycles. The van der Waals surface area contributed by atoms with Gasteiger partial charge in [-0.25, -0.2) is 0 Å². The van der Waals surface area contributed by atoms with Gasteiger partial charge in [0.15, 0.2) is 0 Å². The Bertz CT molecular complexity index is 236. The van der Waals surface area contributed by atoms with E-state index in [-0.39, 0.29) is 0 Å². The Hall–Kier alpha value is -0.120. The van der Waals surface area contributed by atoms with E-state index in [2.05, 4.69) is 25.7 Å². The Labute approximate surface area is 106 Å². The second kappa shape index (κ2) is 5.68. The highest BCUT2D eigenvalue weighted by Gasteiger charge is 2.36. The van der Waals surface area contributed by atoms with Gasteiger partial charge in [0, 0.05) is 24.7 Å². The van der Waals surface area contributed by atoms with E-state index in [4.69, 9.17) is 10.5 Å². The molecule has 0 aromatic heterocycles. The first kappa shape index (κ1) is 13.3. The lowest BCUT2D eigenvalue weighted by molar-refractivity contribution is -0.0857. The lowest BCUT2D eigenvalue weighted by Crippen LogP contribution is -2.56. The van der Waals surface area contributed by atoms with Crippen LogP contribution in [0.3, 0.4) is 0 Å². The Morgan fingerprint density at radius 1 is 1.12 bits per heavy atom. The zero-order valence-corrected chi connectivity index (χ0v) is 11.6. The van der Waals surface area contributed by atoms with Crippen molar-refractivity contribution < 1.29 is 4.74 Å². The van der Waals surface area contributed by atoms with Crippen molar-refractivity contribution in [3.63, 3.8) is 0 Å². The van der Waals surface area contributed by atoms with Crippen LogP contribution in [0.1, 0.15) is 52.9 Å². The molecule has 2 rings (SSSR count). The van der Waals surface area contributed by atoms with Gasteiger partial charge in [0.05, 0.1) is 12.2 Å². The number of nitrogens with two attached hydrogens (primary N) is 1. The van der Waals surface area contributed by atoms with Crippen LogP contribution in [0.5, 0.6) is 0 Å². The van der Waals surface area contributed by atoms with Crippen LogP contribution in [0.25, 0.3) is 0 Å². The van der Waals surface area contributed by atoms with E-state index in [0.29, 0.717) is 30.3 Å². The highest BCUT2D eigenvalue weighted by molar-refractivity contribution is 4.91. The smallest absolute Gasteiger partial charge is 0.0565 e. The zero-order valence-electron chi connectivity index (χ0n) is 11.6. The monoisotopic (exact) mass is 240 g/mol. The Balaban J connectivity index is 2.06. The second-order valence-electron chi connectivity index (χ2n) is 6.00. The molecule has 0 amide bonds. The molecule has 2 N–H and O–H groups in total. The van der Waals surface area contributed by atoms with Crippen molar-refractivity contribution in [2.45, 2.75) is 83.2 Å². The number of hydrogen-bond acceptors (Lipinski definition) is 3. The molecule has 0 aromatic carbocycles. The zero-order chi connectivity index (χ0) is 12.4. The lowest BCUT2D eigenvalue weighted by Gasteiger charge is -2.48. The maximum absolute atomic E-state index is 5.96. The molecular weight excluding hydrogens is 212 g/mol. The van der Waals surface area contributed by atoms with Crippen molar-refractivity contribution in [3.05, 3.63) is 0 Å². The fourth-order valence-electron chi connectivity index (χ4n) is 3.82. The summed E-state index contributed by atoms with van der Waals surface area (Å²) in [7, 11) is 0. The van der Waals surface area contributed by atoms with Gasteiger partial charge in [-0.3, -0.25) is 4.90 Å². The summed E-state index contributed by atoms with van der Waals surface area (Å²) in [6.45, 7) is 7.58. The Kier molecular flexibility index (Phi) is 4.45. The van der Waals surface area contributed by atoms with E-state index in [1.54, 1.807) is 0 Å². The molecule has 2 aliphatic rings. The number of rotatable bonds is 2. The fraction of sp³-hybridized carbons (Fsp3) is 1.00. The highest BCUT2D eigenvalue weighted by Crippen LogP contribution is 2.31. The molecule has 0 radical (unpaired) electrons. The van der Waals surface area contributed by atoms with Crippen molar-refractivity contribution in [2.75, 3.05) is 6.54 Å². The van der Waals surface area contributed by atoms with Crippen LogP contribution < -0.4 is 5.73 Å². The van der Waals surface area contributed by atoms with Crippen LogP contribution in [-0.4, -0.2) is 41.8 Å². The van der Waals surface area contributed by atoms with Gasteiger partial charge < -0.3 is 10.5 Å². The maximum Gasteiger partial charge on any atom is 0.0565 e. The van der Waals surface area contributed by atoms with E-state index in [1.807, 2.05) is 0 Å².